The van der Waals surface area contributed by atoms with Crippen LogP contribution >= 0.6 is 0 Å². The van der Waals surface area contributed by atoms with E-state index in [4.69, 9.17) is 4.74 Å². The van der Waals surface area contributed by atoms with E-state index in [1.54, 1.807) is 10.9 Å². The van der Waals surface area contributed by atoms with E-state index in [2.05, 4.69) is 10.3 Å². The molecule has 2 amide bonds. The van der Waals surface area contributed by atoms with Crippen LogP contribution < -0.4 is 20.9 Å². The summed E-state index contributed by atoms with van der Waals surface area (Å²) in [5, 5.41) is 2.23. The molecule has 0 bridgehead atoms. The molecule has 3 rings (SSSR count). The van der Waals surface area contributed by atoms with Gasteiger partial charge in [-0.25, -0.2) is 13.6 Å². The minimum atomic E-state index is -1.92. The van der Waals surface area contributed by atoms with Gasteiger partial charge in [0.2, 0.25) is 11.6 Å². The van der Waals surface area contributed by atoms with Crippen LogP contribution in [-0.2, 0) is 0 Å². The molecule has 144 valence electrons. The highest BCUT2D eigenvalue weighted by Crippen LogP contribution is 2.36. The number of ether oxygens (including phenoxy) is 1. The van der Waals surface area contributed by atoms with Gasteiger partial charge in [-0.2, -0.15) is 22.5 Å². The van der Waals surface area contributed by atoms with Crippen molar-refractivity contribution < 1.29 is 35.9 Å². The lowest BCUT2D eigenvalue weighted by molar-refractivity contribution is 0.218. The zero-order chi connectivity index (χ0) is 19.7. The molecule has 1 atom stereocenters. The zero-order valence-electron chi connectivity index (χ0n) is 13.2. The molecule has 0 radical (unpaired) electrons. The molecule has 6 nitrogen and oxygen atoms in total. The standard InChI is InChI=1S/C15H10F6N4O2/c16-5-1-2-6(17)12-8(5)7(3-4-27-12)22-15(26)25-24-11-9(18)13(20)23-14(21)10(11)19/h1-2,7H,3-4H2,(H,23,24)(H2,22,25,26)/t7-/m1/s1. The average molecular weight is 392 g/mol. The van der Waals surface area contributed by atoms with Crippen LogP contribution in [0.2, 0.25) is 0 Å². The highest BCUT2D eigenvalue weighted by atomic mass is 19.2. The largest absolute Gasteiger partial charge is 0.490 e. The van der Waals surface area contributed by atoms with Crippen molar-refractivity contribution in [3.63, 3.8) is 0 Å². The van der Waals surface area contributed by atoms with Gasteiger partial charge >= 0.3 is 6.03 Å². The van der Waals surface area contributed by atoms with Crippen molar-refractivity contribution in [3.8, 4) is 5.75 Å². The van der Waals surface area contributed by atoms with Crippen LogP contribution in [0.3, 0.4) is 0 Å². The van der Waals surface area contributed by atoms with Crippen LogP contribution in [0, 0.1) is 35.2 Å². The van der Waals surface area contributed by atoms with Gasteiger partial charge in [0.1, 0.15) is 11.5 Å². The maximum Gasteiger partial charge on any atom is 0.333 e. The first-order valence-electron chi connectivity index (χ1n) is 7.42. The number of halogens is 6. The van der Waals surface area contributed by atoms with Crippen molar-refractivity contribution in [1.82, 2.24) is 15.7 Å². The molecular formula is C15H10F6N4O2. The van der Waals surface area contributed by atoms with E-state index < -0.39 is 52.9 Å². The second-order valence-electron chi connectivity index (χ2n) is 5.38. The van der Waals surface area contributed by atoms with Crippen LogP contribution in [0.4, 0.5) is 36.8 Å². The number of carbonyl (C=O) groups excluding carboxylic acids is 1. The summed E-state index contributed by atoms with van der Waals surface area (Å²) in [6, 6.07) is -0.447. The van der Waals surface area contributed by atoms with Crippen LogP contribution in [-0.4, -0.2) is 17.6 Å². The topological polar surface area (TPSA) is 75.3 Å². The van der Waals surface area contributed by atoms with Gasteiger partial charge in [0.15, 0.2) is 11.6 Å². The zero-order valence-corrected chi connectivity index (χ0v) is 13.2. The molecule has 0 spiro atoms. The van der Waals surface area contributed by atoms with Gasteiger partial charge in [-0.15, -0.1) is 0 Å². The second-order valence-corrected chi connectivity index (χ2v) is 5.38. The van der Waals surface area contributed by atoms with Crippen molar-refractivity contribution >= 4 is 11.7 Å². The Hall–Kier alpha value is -3.18. The molecule has 27 heavy (non-hydrogen) atoms. The van der Waals surface area contributed by atoms with Crippen molar-refractivity contribution in [3.05, 3.63) is 52.9 Å². The molecular weight excluding hydrogens is 382 g/mol. The molecule has 0 saturated heterocycles. The number of fused-ring (bicyclic) bond motifs is 1. The van der Waals surface area contributed by atoms with E-state index in [-0.39, 0.29) is 24.3 Å². The normalized spacial score (nSPS) is 15.6. The SMILES string of the molecule is O=C(NNc1c(F)c(F)nc(F)c1F)N[C@@H]1CCOc2c(F)ccc(F)c21. The molecule has 1 aromatic heterocycles. The Morgan fingerprint density at radius 1 is 1.04 bits per heavy atom. The Kier molecular flexibility index (Phi) is 4.97. The van der Waals surface area contributed by atoms with E-state index in [0.717, 1.165) is 12.1 Å². The molecule has 0 fully saturated rings. The van der Waals surface area contributed by atoms with Crippen molar-refractivity contribution in [2.45, 2.75) is 12.5 Å². The molecule has 2 heterocycles. The van der Waals surface area contributed by atoms with Gasteiger partial charge in [-0.3, -0.25) is 10.9 Å². The lowest BCUT2D eigenvalue weighted by Gasteiger charge is -2.27. The summed E-state index contributed by atoms with van der Waals surface area (Å²) in [6.45, 7) is -0.0320. The second kappa shape index (κ2) is 7.21. The number of rotatable bonds is 3. The van der Waals surface area contributed by atoms with Gasteiger partial charge in [0.05, 0.1) is 18.2 Å². The number of amides is 2. The molecule has 2 aromatic rings. The summed E-state index contributed by atoms with van der Waals surface area (Å²) in [5.74, 6) is -9.60. The van der Waals surface area contributed by atoms with Crippen molar-refractivity contribution in [1.29, 1.82) is 0 Å². The fourth-order valence-corrected chi connectivity index (χ4v) is 2.50. The Balaban J connectivity index is 1.73. The molecule has 1 aliphatic rings. The molecule has 0 aliphatic carbocycles. The molecule has 0 saturated carbocycles. The third kappa shape index (κ3) is 3.55. The quantitative estimate of drug-likeness (QED) is 0.427. The first kappa shape index (κ1) is 18.6. The fraction of sp³-hybridized carbons (Fsp3) is 0.200. The number of anilines is 1. The monoisotopic (exact) mass is 392 g/mol. The van der Waals surface area contributed by atoms with Crippen LogP contribution in [0.1, 0.15) is 18.0 Å². The number of nitrogens with zero attached hydrogens (tertiary/aromatic N) is 1. The summed E-state index contributed by atoms with van der Waals surface area (Å²) < 4.78 is 85.7. The van der Waals surface area contributed by atoms with E-state index in [9.17, 15) is 31.1 Å². The maximum atomic E-state index is 14.0. The third-order valence-electron chi connectivity index (χ3n) is 3.70. The highest BCUT2D eigenvalue weighted by molar-refractivity contribution is 5.76. The Labute approximate surface area is 147 Å². The molecule has 12 heteroatoms. The highest BCUT2D eigenvalue weighted by Gasteiger charge is 2.29. The van der Waals surface area contributed by atoms with E-state index in [1.807, 2.05) is 0 Å². The first-order chi connectivity index (χ1) is 12.8. The predicted octanol–water partition coefficient (Wildman–Crippen LogP) is 3.07. The smallest absolute Gasteiger partial charge is 0.333 e. The lowest BCUT2D eigenvalue weighted by Crippen LogP contribution is -2.43. The van der Waals surface area contributed by atoms with Crippen LogP contribution in [0.15, 0.2) is 12.1 Å². The van der Waals surface area contributed by atoms with Gasteiger partial charge < -0.3 is 10.1 Å². The van der Waals surface area contributed by atoms with Gasteiger partial charge in [-0.05, 0) is 12.1 Å². The first-order valence-corrected chi connectivity index (χ1v) is 7.42. The van der Waals surface area contributed by atoms with Gasteiger partial charge in [0, 0.05) is 6.42 Å². The Bertz CT molecular complexity index is 884. The number of carbonyl (C=O) groups is 1. The predicted molar refractivity (Wildman–Crippen MR) is 78.6 cm³/mol. The number of hydrogen-bond acceptors (Lipinski definition) is 4. The molecule has 1 aliphatic heterocycles. The third-order valence-corrected chi connectivity index (χ3v) is 3.70. The number of hydrogen-bond donors (Lipinski definition) is 3. The number of nitrogens with one attached hydrogen (secondary N) is 3. The molecule has 0 unspecified atom stereocenters. The average Bonchev–Trinajstić information content (AvgIpc) is 2.63. The van der Waals surface area contributed by atoms with Gasteiger partial charge in [-0.1, -0.05) is 0 Å². The summed E-state index contributed by atoms with van der Waals surface area (Å²) in [7, 11) is 0. The van der Waals surface area contributed by atoms with E-state index >= 15 is 0 Å². The molecule has 1 aromatic carbocycles. The number of aromatic nitrogens is 1. The summed E-state index contributed by atoms with van der Waals surface area (Å²) in [5.41, 5.74) is 1.86. The minimum absolute atomic E-state index is 0.0320. The van der Waals surface area contributed by atoms with Crippen LogP contribution in [0.5, 0.6) is 5.75 Å². The maximum absolute atomic E-state index is 14.0. The van der Waals surface area contributed by atoms with Crippen LogP contribution in [0.25, 0.3) is 0 Å². The number of urea groups is 1. The number of pyridine rings is 1. The fourth-order valence-electron chi connectivity index (χ4n) is 2.50. The lowest BCUT2D eigenvalue weighted by atomic mass is 10.00. The number of benzene rings is 1. The summed E-state index contributed by atoms with van der Waals surface area (Å²) in [6.07, 6.45) is 0.0715. The van der Waals surface area contributed by atoms with E-state index in [1.165, 1.54) is 0 Å². The summed E-state index contributed by atoms with van der Waals surface area (Å²) in [4.78, 5) is 14.2. The Morgan fingerprint density at radius 3 is 2.33 bits per heavy atom. The molecule has 3 N–H and O–H groups in total. The summed E-state index contributed by atoms with van der Waals surface area (Å²) >= 11 is 0. The van der Waals surface area contributed by atoms with Gasteiger partial charge in [0.25, 0.3) is 11.9 Å². The van der Waals surface area contributed by atoms with E-state index in [0.29, 0.717) is 0 Å². The number of hydrazine groups is 1. The Morgan fingerprint density at radius 2 is 1.67 bits per heavy atom. The van der Waals surface area contributed by atoms with Crippen molar-refractivity contribution in [2.75, 3.05) is 12.0 Å². The minimum Gasteiger partial charge on any atom is -0.490 e. The van der Waals surface area contributed by atoms with Crippen molar-refractivity contribution in [2.24, 2.45) is 0 Å².